The lowest BCUT2D eigenvalue weighted by atomic mass is 10.1. The van der Waals surface area contributed by atoms with Crippen LogP contribution in [0, 0.1) is 0 Å². The molecule has 0 spiro atoms. The van der Waals surface area contributed by atoms with Crippen LogP contribution in [0.15, 0.2) is 0 Å². The SMILES string of the molecule is CCCC(O)C(=O)OC(C)(C)C. The number of hydrogen-bond acceptors (Lipinski definition) is 3. The lowest BCUT2D eigenvalue weighted by molar-refractivity contribution is -0.165. The quantitative estimate of drug-likeness (QED) is 0.659. The molecule has 1 N–H and O–H groups in total. The Morgan fingerprint density at radius 3 is 2.33 bits per heavy atom. The van der Waals surface area contributed by atoms with Gasteiger partial charge >= 0.3 is 5.97 Å². The van der Waals surface area contributed by atoms with Gasteiger partial charge in [0.15, 0.2) is 6.10 Å². The fourth-order valence-electron chi connectivity index (χ4n) is 0.761. The molecule has 0 aromatic carbocycles. The van der Waals surface area contributed by atoms with Crippen LogP contribution in [0.4, 0.5) is 0 Å². The number of hydrogen-bond donors (Lipinski definition) is 1. The van der Waals surface area contributed by atoms with Gasteiger partial charge < -0.3 is 9.84 Å². The summed E-state index contributed by atoms with van der Waals surface area (Å²) in [5, 5.41) is 9.21. The third kappa shape index (κ3) is 5.13. The molecule has 0 radical (unpaired) electrons. The second-order valence-electron chi connectivity index (χ2n) is 3.84. The fraction of sp³-hybridized carbons (Fsp3) is 0.889. The van der Waals surface area contributed by atoms with E-state index in [1.54, 1.807) is 20.8 Å². The first kappa shape index (κ1) is 11.4. The lowest BCUT2D eigenvalue weighted by Gasteiger charge is -2.21. The summed E-state index contributed by atoms with van der Waals surface area (Å²) < 4.78 is 4.96. The summed E-state index contributed by atoms with van der Waals surface area (Å²) in [7, 11) is 0. The van der Waals surface area contributed by atoms with Crippen molar-refractivity contribution in [2.75, 3.05) is 0 Å². The van der Waals surface area contributed by atoms with E-state index in [1.807, 2.05) is 6.92 Å². The van der Waals surface area contributed by atoms with E-state index < -0.39 is 17.7 Å². The number of aliphatic hydroxyl groups is 1. The Kier molecular flexibility index (Phi) is 4.24. The zero-order chi connectivity index (χ0) is 9.78. The fourth-order valence-corrected chi connectivity index (χ4v) is 0.761. The Morgan fingerprint density at radius 1 is 1.50 bits per heavy atom. The topological polar surface area (TPSA) is 46.5 Å². The van der Waals surface area contributed by atoms with E-state index in [9.17, 15) is 9.90 Å². The summed E-state index contributed by atoms with van der Waals surface area (Å²) in [6, 6.07) is 0. The van der Waals surface area contributed by atoms with Crippen LogP contribution in [0.25, 0.3) is 0 Å². The average molecular weight is 174 g/mol. The van der Waals surface area contributed by atoms with Crippen LogP contribution < -0.4 is 0 Å². The highest BCUT2D eigenvalue weighted by Crippen LogP contribution is 2.10. The Labute approximate surface area is 73.7 Å². The smallest absolute Gasteiger partial charge is 0.335 e. The second-order valence-corrected chi connectivity index (χ2v) is 3.84. The van der Waals surface area contributed by atoms with Crippen molar-refractivity contribution in [1.82, 2.24) is 0 Å². The van der Waals surface area contributed by atoms with Crippen molar-refractivity contribution in [3.05, 3.63) is 0 Å². The molecular weight excluding hydrogens is 156 g/mol. The maximum Gasteiger partial charge on any atom is 0.335 e. The number of aliphatic hydroxyl groups excluding tert-OH is 1. The number of carbonyl (C=O) groups is 1. The standard InChI is InChI=1S/C9H18O3/c1-5-6-7(10)8(11)12-9(2,3)4/h7,10H,5-6H2,1-4H3. The van der Waals surface area contributed by atoms with Crippen LogP contribution in [-0.2, 0) is 9.53 Å². The minimum Gasteiger partial charge on any atom is -0.458 e. The summed E-state index contributed by atoms with van der Waals surface area (Å²) in [6.07, 6.45) is 0.282. The van der Waals surface area contributed by atoms with Crippen molar-refractivity contribution in [2.24, 2.45) is 0 Å². The van der Waals surface area contributed by atoms with Crippen molar-refractivity contribution in [2.45, 2.75) is 52.2 Å². The molecule has 0 aliphatic carbocycles. The van der Waals surface area contributed by atoms with Crippen molar-refractivity contribution in [3.63, 3.8) is 0 Å². The number of ether oxygens (including phenoxy) is 1. The Hall–Kier alpha value is -0.570. The normalized spacial score (nSPS) is 14.1. The van der Waals surface area contributed by atoms with E-state index in [2.05, 4.69) is 0 Å². The molecule has 0 bridgehead atoms. The van der Waals surface area contributed by atoms with Crippen LogP contribution in [0.1, 0.15) is 40.5 Å². The van der Waals surface area contributed by atoms with Gasteiger partial charge in [0, 0.05) is 0 Å². The van der Waals surface area contributed by atoms with Crippen molar-refractivity contribution in [3.8, 4) is 0 Å². The predicted octanol–water partition coefficient (Wildman–Crippen LogP) is 1.49. The third-order valence-electron chi connectivity index (χ3n) is 1.24. The maximum absolute atomic E-state index is 11.1. The summed E-state index contributed by atoms with van der Waals surface area (Å²) in [6.45, 7) is 7.25. The molecule has 0 fully saturated rings. The van der Waals surface area contributed by atoms with E-state index in [-0.39, 0.29) is 0 Å². The first-order valence-corrected chi connectivity index (χ1v) is 4.27. The van der Waals surface area contributed by atoms with Gasteiger partial charge in [-0.1, -0.05) is 13.3 Å². The van der Waals surface area contributed by atoms with Gasteiger partial charge in [-0.3, -0.25) is 0 Å². The Bertz CT molecular complexity index is 146. The molecule has 0 aliphatic heterocycles. The van der Waals surface area contributed by atoms with Gasteiger partial charge in [-0.25, -0.2) is 4.79 Å². The molecule has 1 unspecified atom stereocenters. The first-order chi connectivity index (χ1) is 5.37. The zero-order valence-electron chi connectivity index (χ0n) is 8.26. The Balaban J connectivity index is 3.87. The first-order valence-electron chi connectivity index (χ1n) is 4.27. The number of carbonyl (C=O) groups excluding carboxylic acids is 1. The second kappa shape index (κ2) is 4.45. The average Bonchev–Trinajstić information content (AvgIpc) is 1.84. The van der Waals surface area contributed by atoms with Crippen molar-refractivity contribution in [1.29, 1.82) is 0 Å². The molecule has 0 aromatic rings. The molecule has 3 heteroatoms. The highest BCUT2D eigenvalue weighted by molar-refractivity contribution is 5.74. The van der Waals surface area contributed by atoms with Gasteiger partial charge in [-0.05, 0) is 27.2 Å². The minimum atomic E-state index is -0.964. The van der Waals surface area contributed by atoms with Gasteiger partial charge in [0.1, 0.15) is 5.60 Å². The van der Waals surface area contributed by atoms with Crippen LogP contribution in [0.3, 0.4) is 0 Å². The lowest BCUT2D eigenvalue weighted by Crippen LogP contribution is -2.31. The van der Waals surface area contributed by atoms with E-state index in [4.69, 9.17) is 4.74 Å². The molecule has 3 nitrogen and oxygen atoms in total. The van der Waals surface area contributed by atoms with Crippen LogP contribution in [0.5, 0.6) is 0 Å². The minimum absolute atomic E-state index is 0.467. The number of esters is 1. The maximum atomic E-state index is 11.1. The van der Waals surface area contributed by atoms with Gasteiger partial charge in [0.05, 0.1) is 0 Å². The molecule has 0 heterocycles. The van der Waals surface area contributed by atoms with Gasteiger partial charge in [-0.15, -0.1) is 0 Å². The van der Waals surface area contributed by atoms with Gasteiger partial charge in [0.25, 0.3) is 0 Å². The molecule has 1 atom stereocenters. The van der Waals surface area contributed by atoms with Gasteiger partial charge in [-0.2, -0.15) is 0 Å². The summed E-state index contributed by atoms with van der Waals surface area (Å²) >= 11 is 0. The zero-order valence-corrected chi connectivity index (χ0v) is 8.26. The van der Waals surface area contributed by atoms with Crippen molar-refractivity contribution < 1.29 is 14.6 Å². The molecule has 0 saturated carbocycles. The van der Waals surface area contributed by atoms with E-state index >= 15 is 0 Å². The molecule has 72 valence electrons. The molecule has 0 rings (SSSR count). The van der Waals surface area contributed by atoms with E-state index in [0.29, 0.717) is 6.42 Å². The van der Waals surface area contributed by atoms with E-state index in [1.165, 1.54) is 0 Å². The monoisotopic (exact) mass is 174 g/mol. The third-order valence-corrected chi connectivity index (χ3v) is 1.24. The molecule has 0 amide bonds. The summed E-state index contributed by atoms with van der Waals surface area (Å²) in [4.78, 5) is 11.1. The summed E-state index contributed by atoms with van der Waals surface area (Å²) in [5.41, 5.74) is -0.508. The Morgan fingerprint density at radius 2 is 2.00 bits per heavy atom. The highest BCUT2D eigenvalue weighted by Gasteiger charge is 2.21. The van der Waals surface area contributed by atoms with Crippen LogP contribution in [-0.4, -0.2) is 22.8 Å². The van der Waals surface area contributed by atoms with Crippen molar-refractivity contribution >= 4 is 5.97 Å². The van der Waals surface area contributed by atoms with E-state index in [0.717, 1.165) is 6.42 Å². The molecule has 0 aliphatic rings. The van der Waals surface area contributed by atoms with Crippen LogP contribution >= 0.6 is 0 Å². The molecule has 0 saturated heterocycles. The molecular formula is C9H18O3. The van der Waals surface area contributed by atoms with Gasteiger partial charge in [0.2, 0.25) is 0 Å². The number of rotatable bonds is 3. The van der Waals surface area contributed by atoms with Crippen LogP contribution in [0.2, 0.25) is 0 Å². The highest BCUT2D eigenvalue weighted by atomic mass is 16.6. The molecule has 12 heavy (non-hydrogen) atoms. The largest absolute Gasteiger partial charge is 0.458 e. The molecule has 0 aromatic heterocycles. The summed E-state index contributed by atoms with van der Waals surface area (Å²) in [5.74, 6) is -0.524. The predicted molar refractivity (Wildman–Crippen MR) is 46.8 cm³/mol.